The first-order valence-electron chi connectivity index (χ1n) is 10.8. The SMILES string of the molecule is Cc1ccc(NC(=O)[C@H](C)N2CC(Cl)(C=O)C(Cl)CN2)cc1S(=O)(=O)N1CCCCCC1. The van der Waals surface area contributed by atoms with Gasteiger partial charge in [0.05, 0.1) is 10.3 Å². The highest BCUT2D eigenvalue weighted by molar-refractivity contribution is 7.89. The Bertz CT molecular complexity index is 953. The van der Waals surface area contributed by atoms with Crippen LogP contribution < -0.4 is 10.7 Å². The molecule has 178 valence electrons. The summed E-state index contributed by atoms with van der Waals surface area (Å²) in [6.45, 7) is 4.73. The number of carbonyl (C=O) groups excluding carboxylic acids is 2. The molecular formula is C21H30Cl2N4O4S. The van der Waals surface area contributed by atoms with Crippen molar-refractivity contribution < 1.29 is 18.0 Å². The Morgan fingerprint density at radius 2 is 1.94 bits per heavy atom. The number of carbonyl (C=O) groups is 2. The molecule has 8 nitrogen and oxygen atoms in total. The van der Waals surface area contributed by atoms with Crippen LogP contribution in [-0.2, 0) is 19.6 Å². The van der Waals surface area contributed by atoms with Gasteiger partial charge in [-0.15, -0.1) is 23.2 Å². The molecule has 2 unspecified atom stereocenters. The zero-order valence-electron chi connectivity index (χ0n) is 18.3. The monoisotopic (exact) mass is 504 g/mol. The summed E-state index contributed by atoms with van der Waals surface area (Å²) in [5.41, 5.74) is 4.03. The average molecular weight is 505 g/mol. The molecule has 2 fully saturated rings. The van der Waals surface area contributed by atoms with E-state index in [1.807, 2.05) is 0 Å². The summed E-state index contributed by atoms with van der Waals surface area (Å²) >= 11 is 12.4. The fraction of sp³-hybridized carbons (Fsp3) is 0.619. The molecule has 2 aliphatic heterocycles. The Hall–Kier alpha value is -1.23. The number of sulfonamides is 1. The fourth-order valence-electron chi connectivity index (χ4n) is 3.93. The van der Waals surface area contributed by atoms with Crippen LogP contribution in [0.3, 0.4) is 0 Å². The smallest absolute Gasteiger partial charge is 0.243 e. The second-order valence-electron chi connectivity index (χ2n) is 8.47. The number of aryl methyl sites for hydroxylation is 1. The number of hydrogen-bond donors (Lipinski definition) is 2. The van der Waals surface area contributed by atoms with Crippen LogP contribution in [0.5, 0.6) is 0 Å². The van der Waals surface area contributed by atoms with Crippen molar-refractivity contribution in [3.63, 3.8) is 0 Å². The van der Waals surface area contributed by atoms with Crippen LogP contribution in [0.2, 0.25) is 0 Å². The molecule has 1 aromatic rings. The van der Waals surface area contributed by atoms with E-state index in [-0.39, 0.29) is 23.9 Å². The van der Waals surface area contributed by atoms with E-state index >= 15 is 0 Å². The number of halogens is 2. The van der Waals surface area contributed by atoms with Gasteiger partial charge in [0, 0.05) is 31.9 Å². The van der Waals surface area contributed by atoms with E-state index in [0.29, 0.717) is 30.6 Å². The van der Waals surface area contributed by atoms with Crippen LogP contribution in [0.1, 0.15) is 38.2 Å². The van der Waals surface area contributed by atoms with E-state index in [1.54, 1.807) is 31.0 Å². The van der Waals surface area contributed by atoms with Gasteiger partial charge in [-0.2, -0.15) is 4.31 Å². The largest absolute Gasteiger partial charge is 0.325 e. The maximum Gasteiger partial charge on any atom is 0.243 e. The molecule has 2 aliphatic rings. The van der Waals surface area contributed by atoms with Crippen molar-refractivity contribution >= 4 is 51.1 Å². The van der Waals surface area contributed by atoms with Crippen molar-refractivity contribution in [2.75, 3.05) is 31.5 Å². The van der Waals surface area contributed by atoms with Crippen molar-refractivity contribution in [3.8, 4) is 0 Å². The van der Waals surface area contributed by atoms with Gasteiger partial charge in [-0.25, -0.2) is 13.4 Å². The minimum Gasteiger partial charge on any atom is -0.325 e. The zero-order valence-corrected chi connectivity index (χ0v) is 20.6. The van der Waals surface area contributed by atoms with Gasteiger partial charge in [0.25, 0.3) is 0 Å². The maximum absolute atomic E-state index is 13.3. The molecule has 2 heterocycles. The molecule has 2 saturated heterocycles. The number of hydrogen-bond acceptors (Lipinski definition) is 6. The number of nitrogens with one attached hydrogen (secondary N) is 2. The fourth-order valence-corrected chi connectivity index (χ4v) is 6.10. The highest BCUT2D eigenvalue weighted by Gasteiger charge is 2.43. The number of aldehydes is 1. The van der Waals surface area contributed by atoms with E-state index in [9.17, 15) is 18.0 Å². The molecule has 0 aromatic heterocycles. The summed E-state index contributed by atoms with van der Waals surface area (Å²) in [7, 11) is -3.65. The number of benzene rings is 1. The number of nitrogens with zero attached hydrogens (tertiary/aromatic N) is 2. The van der Waals surface area contributed by atoms with Gasteiger partial charge in [0.2, 0.25) is 15.9 Å². The summed E-state index contributed by atoms with van der Waals surface area (Å²) in [5.74, 6) is -0.364. The standard InChI is InChI=1S/C21H30Cl2N4O4S/c1-15-7-8-17(11-18(15)32(30,31)26-9-5-3-4-6-10-26)25-20(29)16(2)27-13-21(23,14-28)19(22)12-24-27/h7-8,11,14,16,19,24H,3-6,9-10,12-13H2,1-2H3,(H,25,29)/t16-,19?,21?/m0/s1. The van der Waals surface area contributed by atoms with E-state index in [1.165, 1.54) is 10.4 Å². The zero-order chi connectivity index (χ0) is 23.5. The number of hydrazine groups is 1. The number of anilines is 1. The van der Waals surface area contributed by atoms with Crippen molar-refractivity contribution in [1.82, 2.24) is 14.7 Å². The molecule has 32 heavy (non-hydrogen) atoms. The quantitative estimate of drug-likeness (QED) is 0.456. The molecule has 0 radical (unpaired) electrons. The molecule has 3 atom stereocenters. The van der Waals surface area contributed by atoms with Gasteiger partial charge < -0.3 is 10.1 Å². The summed E-state index contributed by atoms with van der Waals surface area (Å²) in [4.78, 5) is 23.2. The first kappa shape index (κ1) is 25.4. The lowest BCUT2D eigenvalue weighted by molar-refractivity contribution is -0.124. The molecule has 11 heteroatoms. The predicted octanol–water partition coefficient (Wildman–Crippen LogP) is 2.49. The van der Waals surface area contributed by atoms with Gasteiger partial charge >= 0.3 is 0 Å². The van der Waals surface area contributed by atoms with E-state index < -0.39 is 26.3 Å². The van der Waals surface area contributed by atoms with Crippen LogP contribution in [0.15, 0.2) is 23.1 Å². The Labute approximate surface area is 199 Å². The molecule has 0 spiro atoms. The molecule has 1 amide bonds. The van der Waals surface area contributed by atoms with E-state index in [0.717, 1.165) is 25.7 Å². The predicted molar refractivity (Wildman–Crippen MR) is 125 cm³/mol. The normalized spacial score (nSPS) is 26.8. The number of rotatable bonds is 6. The van der Waals surface area contributed by atoms with E-state index in [4.69, 9.17) is 23.2 Å². The minimum absolute atomic E-state index is 0.0588. The highest BCUT2D eigenvalue weighted by atomic mass is 35.5. The summed E-state index contributed by atoms with van der Waals surface area (Å²) in [6.07, 6.45) is 4.36. The lowest BCUT2D eigenvalue weighted by atomic mass is 10.0. The van der Waals surface area contributed by atoms with Gasteiger partial charge in [0.15, 0.2) is 0 Å². The third kappa shape index (κ3) is 5.46. The highest BCUT2D eigenvalue weighted by Crippen LogP contribution is 2.28. The van der Waals surface area contributed by atoms with Crippen LogP contribution in [0.4, 0.5) is 5.69 Å². The lowest BCUT2D eigenvalue weighted by Crippen LogP contribution is -2.64. The van der Waals surface area contributed by atoms with Crippen molar-refractivity contribution in [2.24, 2.45) is 0 Å². The first-order valence-corrected chi connectivity index (χ1v) is 13.0. The molecule has 0 saturated carbocycles. The summed E-state index contributed by atoms with van der Waals surface area (Å²) in [6, 6.07) is 4.20. The van der Waals surface area contributed by atoms with Gasteiger partial charge in [-0.1, -0.05) is 18.9 Å². The minimum atomic E-state index is -3.65. The number of alkyl halides is 2. The van der Waals surface area contributed by atoms with Crippen molar-refractivity contribution in [1.29, 1.82) is 0 Å². The van der Waals surface area contributed by atoms with Crippen molar-refractivity contribution in [2.45, 2.75) is 60.7 Å². The van der Waals surface area contributed by atoms with E-state index in [2.05, 4.69) is 10.7 Å². The van der Waals surface area contributed by atoms with Gasteiger partial charge in [0.1, 0.15) is 17.2 Å². The van der Waals surface area contributed by atoms with Crippen LogP contribution in [0.25, 0.3) is 0 Å². The third-order valence-electron chi connectivity index (χ3n) is 6.09. The number of amides is 1. The molecule has 0 bridgehead atoms. The average Bonchev–Trinajstić information content (AvgIpc) is 3.06. The van der Waals surface area contributed by atoms with Crippen LogP contribution in [-0.4, -0.2) is 72.4 Å². The van der Waals surface area contributed by atoms with Crippen molar-refractivity contribution in [3.05, 3.63) is 23.8 Å². The summed E-state index contributed by atoms with van der Waals surface area (Å²) in [5, 5.41) is 3.75. The third-order valence-corrected chi connectivity index (χ3v) is 9.26. The molecular weight excluding hydrogens is 475 g/mol. The topological polar surface area (TPSA) is 98.8 Å². The Morgan fingerprint density at radius 1 is 1.28 bits per heavy atom. The van der Waals surface area contributed by atoms with Gasteiger partial charge in [-0.05, 0) is 44.4 Å². The molecule has 2 N–H and O–H groups in total. The Balaban J connectivity index is 1.75. The van der Waals surface area contributed by atoms with Gasteiger partial charge in [-0.3, -0.25) is 10.2 Å². The first-order chi connectivity index (χ1) is 15.1. The second-order valence-corrected chi connectivity index (χ2v) is 11.6. The summed E-state index contributed by atoms with van der Waals surface area (Å²) < 4.78 is 28.0. The Morgan fingerprint density at radius 3 is 2.56 bits per heavy atom. The maximum atomic E-state index is 13.3. The lowest BCUT2D eigenvalue weighted by Gasteiger charge is -2.41. The van der Waals surface area contributed by atoms with Crippen LogP contribution in [0, 0.1) is 6.92 Å². The molecule has 0 aliphatic carbocycles. The second kappa shape index (κ2) is 10.4. The van der Waals surface area contributed by atoms with Crippen LogP contribution >= 0.6 is 23.2 Å². The Kier molecular flexibility index (Phi) is 8.22. The molecule has 3 rings (SSSR count). The molecule has 1 aromatic carbocycles.